The molecule has 27 heavy (non-hydrogen) atoms. The molecule has 0 saturated carbocycles. The number of ether oxygens (including phenoxy) is 1. The third-order valence-corrected chi connectivity index (χ3v) is 5.35. The maximum atomic E-state index is 12.2. The standard InChI is InChI=1S/C19H23ClN2O4S/c1-26-16-9-5-7-15(13-16)8-6-12-21-19(23)14-22(27(2,24)25)18-11-4-3-10-17(18)20/h3-5,7,9-11,13H,6,8,12,14H2,1-2H3,(H,21,23). The molecule has 1 amide bonds. The molecule has 0 spiro atoms. The fraction of sp³-hybridized carbons (Fsp3) is 0.316. The van der Waals surface area contributed by atoms with Crippen molar-refractivity contribution in [3.8, 4) is 5.75 Å². The van der Waals surface area contributed by atoms with Crippen LogP contribution in [0.1, 0.15) is 12.0 Å². The lowest BCUT2D eigenvalue weighted by Crippen LogP contribution is -2.40. The summed E-state index contributed by atoms with van der Waals surface area (Å²) in [4.78, 5) is 12.2. The van der Waals surface area contributed by atoms with Crippen molar-refractivity contribution in [1.29, 1.82) is 0 Å². The predicted octanol–water partition coefficient (Wildman–Crippen LogP) is 2.86. The van der Waals surface area contributed by atoms with Crippen molar-refractivity contribution < 1.29 is 17.9 Å². The lowest BCUT2D eigenvalue weighted by atomic mass is 10.1. The van der Waals surface area contributed by atoms with Crippen LogP contribution in [0.5, 0.6) is 5.75 Å². The first-order valence-corrected chi connectivity index (χ1v) is 10.7. The number of anilines is 1. The van der Waals surface area contributed by atoms with Gasteiger partial charge in [0.2, 0.25) is 15.9 Å². The number of carbonyl (C=O) groups is 1. The Morgan fingerprint density at radius 1 is 1.19 bits per heavy atom. The van der Waals surface area contributed by atoms with Gasteiger partial charge in [-0.05, 0) is 42.7 Å². The predicted molar refractivity (Wildman–Crippen MR) is 108 cm³/mol. The van der Waals surface area contributed by atoms with Crippen LogP contribution in [-0.2, 0) is 21.2 Å². The molecule has 0 saturated heterocycles. The van der Waals surface area contributed by atoms with Gasteiger partial charge >= 0.3 is 0 Å². The molecule has 0 radical (unpaired) electrons. The van der Waals surface area contributed by atoms with Crippen molar-refractivity contribution in [3.63, 3.8) is 0 Å². The minimum atomic E-state index is -3.64. The van der Waals surface area contributed by atoms with Gasteiger partial charge in [-0.3, -0.25) is 9.10 Å². The molecule has 8 heteroatoms. The Balaban J connectivity index is 1.90. The Hall–Kier alpha value is -2.25. The number of nitrogens with one attached hydrogen (secondary N) is 1. The van der Waals surface area contributed by atoms with Crippen molar-refractivity contribution in [2.75, 3.05) is 30.8 Å². The Bertz CT molecular complexity index is 887. The van der Waals surface area contributed by atoms with Gasteiger partial charge in [0.25, 0.3) is 0 Å². The van der Waals surface area contributed by atoms with Crippen molar-refractivity contribution in [2.45, 2.75) is 12.8 Å². The SMILES string of the molecule is COc1cccc(CCCNC(=O)CN(c2ccccc2Cl)S(C)(=O)=O)c1. The van der Waals surface area contributed by atoms with E-state index in [9.17, 15) is 13.2 Å². The Kier molecular flexibility index (Phi) is 7.50. The monoisotopic (exact) mass is 410 g/mol. The number of para-hydroxylation sites is 1. The Morgan fingerprint density at radius 3 is 2.59 bits per heavy atom. The van der Waals surface area contributed by atoms with Crippen LogP contribution in [0.2, 0.25) is 5.02 Å². The molecule has 0 aliphatic heterocycles. The van der Waals surface area contributed by atoms with Crippen LogP contribution in [0, 0.1) is 0 Å². The van der Waals surface area contributed by atoms with Gasteiger partial charge in [-0.15, -0.1) is 0 Å². The lowest BCUT2D eigenvalue weighted by Gasteiger charge is -2.22. The molecule has 2 rings (SSSR count). The summed E-state index contributed by atoms with van der Waals surface area (Å²) >= 11 is 6.08. The van der Waals surface area contributed by atoms with Gasteiger partial charge in [0.1, 0.15) is 12.3 Å². The first kappa shape index (κ1) is 21.1. The summed E-state index contributed by atoms with van der Waals surface area (Å²) in [6.45, 7) is 0.123. The zero-order valence-corrected chi connectivity index (χ0v) is 16.9. The number of halogens is 1. The summed E-state index contributed by atoms with van der Waals surface area (Å²) in [5.74, 6) is 0.408. The molecule has 2 aromatic rings. The highest BCUT2D eigenvalue weighted by atomic mass is 35.5. The second kappa shape index (κ2) is 9.62. The zero-order chi connectivity index (χ0) is 19.9. The van der Waals surface area contributed by atoms with E-state index < -0.39 is 10.0 Å². The van der Waals surface area contributed by atoms with E-state index in [0.29, 0.717) is 6.54 Å². The van der Waals surface area contributed by atoms with Crippen LogP contribution in [0.15, 0.2) is 48.5 Å². The van der Waals surface area contributed by atoms with E-state index in [1.54, 1.807) is 31.4 Å². The molecule has 0 fully saturated rings. The molecule has 6 nitrogen and oxygen atoms in total. The number of aryl methyl sites for hydroxylation is 1. The van der Waals surface area contributed by atoms with Gasteiger partial charge in [0.15, 0.2) is 0 Å². The topological polar surface area (TPSA) is 75.7 Å². The van der Waals surface area contributed by atoms with E-state index in [-0.39, 0.29) is 23.2 Å². The number of hydrogen-bond donors (Lipinski definition) is 1. The highest BCUT2D eigenvalue weighted by molar-refractivity contribution is 7.92. The summed E-state index contributed by atoms with van der Waals surface area (Å²) in [7, 11) is -2.03. The summed E-state index contributed by atoms with van der Waals surface area (Å²) in [6, 6.07) is 14.3. The van der Waals surface area contributed by atoms with E-state index in [1.807, 2.05) is 24.3 Å². The minimum Gasteiger partial charge on any atom is -0.497 e. The second-order valence-corrected chi connectivity index (χ2v) is 8.34. The van der Waals surface area contributed by atoms with Gasteiger partial charge in [-0.1, -0.05) is 35.9 Å². The smallest absolute Gasteiger partial charge is 0.240 e. The Morgan fingerprint density at radius 2 is 1.93 bits per heavy atom. The summed E-state index contributed by atoms with van der Waals surface area (Å²) in [5, 5.41) is 3.03. The van der Waals surface area contributed by atoms with E-state index in [1.165, 1.54) is 0 Å². The molecular formula is C19H23ClN2O4S. The molecule has 0 aliphatic carbocycles. The molecule has 146 valence electrons. The molecule has 1 N–H and O–H groups in total. The van der Waals surface area contributed by atoms with Crippen LogP contribution in [0.3, 0.4) is 0 Å². The number of hydrogen-bond acceptors (Lipinski definition) is 4. The molecule has 0 aromatic heterocycles. The highest BCUT2D eigenvalue weighted by Gasteiger charge is 2.22. The van der Waals surface area contributed by atoms with Crippen LogP contribution < -0.4 is 14.4 Å². The largest absolute Gasteiger partial charge is 0.497 e. The number of sulfonamides is 1. The van der Waals surface area contributed by atoms with Crippen molar-refractivity contribution in [1.82, 2.24) is 5.32 Å². The summed E-state index contributed by atoms with van der Waals surface area (Å²) in [6.07, 6.45) is 2.55. The van der Waals surface area contributed by atoms with Gasteiger partial charge in [-0.2, -0.15) is 0 Å². The average Bonchev–Trinajstić information content (AvgIpc) is 2.63. The fourth-order valence-corrected chi connectivity index (χ4v) is 3.73. The molecular weight excluding hydrogens is 388 g/mol. The van der Waals surface area contributed by atoms with E-state index in [4.69, 9.17) is 16.3 Å². The van der Waals surface area contributed by atoms with Crippen molar-refractivity contribution in [2.24, 2.45) is 0 Å². The van der Waals surface area contributed by atoms with E-state index in [0.717, 1.165) is 34.7 Å². The van der Waals surface area contributed by atoms with Crippen LogP contribution in [0.25, 0.3) is 0 Å². The fourth-order valence-electron chi connectivity index (χ4n) is 2.57. The van der Waals surface area contributed by atoms with Gasteiger partial charge in [0, 0.05) is 6.54 Å². The van der Waals surface area contributed by atoms with Crippen LogP contribution in [-0.4, -0.2) is 40.8 Å². The number of nitrogens with zero attached hydrogens (tertiary/aromatic N) is 1. The van der Waals surface area contributed by atoms with Gasteiger partial charge < -0.3 is 10.1 Å². The number of carbonyl (C=O) groups excluding carboxylic acids is 1. The normalized spacial score (nSPS) is 11.1. The van der Waals surface area contributed by atoms with Crippen molar-refractivity contribution >= 4 is 33.2 Å². The summed E-state index contributed by atoms with van der Waals surface area (Å²) < 4.78 is 30.3. The molecule has 2 aromatic carbocycles. The number of amides is 1. The minimum absolute atomic E-state index is 0.272. The molecule has 0 aliphatic rings. The number of methoxy groups -OCH3 is 1. The summed E-state index contributed by atoms with van der Waals surface area (Å²) in [5.41, 5.74) is 1.39. The first-order valence-electron chi connectivity index (χ1n) is 8.43. The Labute approximate surface area is 165 Å². The molecule has 0 heterocycles. The van der Waals surface area contributed by atoms with E-state index in [2.05, 4.69) is 5.32 Å². The van der Waals surface area contributed by atoms with E-state index >= 15 is 0 Å². The van der Waals surface area contributed by atoms with Gasteiger partial charge in [0.05, 0.1) is 24.1 Å². The number of benzene rings is 2. The first-order chi connectivity index (χ1) is 12.8. The average molecular weight is 411 g/mol. The maximum Gasteiger partial charge on any atom is 0.240 e. The highest BCUT2D eigenvalue weighted by Crippen LogP contribution is 2.26. The molecule has 0 bridgehead atoms. The zero-order valence-electron chi connectivity index (χ0n) is 15.3. The lowest BCUT2D eigenvalue weighted by molar-refractivity contribution is -0.119. The second-order valence-electron chi connectivity index (χ2n) is 6.03. The maximum absolute atomic E-state index is 12.2. The van der Waals surface area contributed by atoms with Crippen LogP contribution >= 0.6 is 11.6 Å². The van der Waals surface area contributed by atoms with Crippen LogP contribution in [0.4, 0.5) is 5.69 Å². The van der Waals surface area contributed by atoms with Gasteiger partial charge in [-0.25, -0.2) is 8.42 Å². The van der Waals surface area contributed by atoms with Crippen molar-refractivity contribution in [3.05, 3.63) is 59.1 Å². The number of rotatable bonds is 9. The molecule has 0 atom stereocenters. The quantitative estimate of drug-likeness (QED) is 0.645. The third-order valence-electron chi connectivity index (χ3n) is 3.91. The molecule has 0 unspecified atom stereocenters. The third kappa shape index (κ3) is 6.45.